The number of piperidine rings is 1. The smallest absolute Gasteiger partial charge is 0.183 e. The van der Waals surface area contributed by atoms with Crippen LogP contribution in [0.25, 0.3) is 0 Å². The van der Waals surface area contributed by atoms with Crippen LogP contribution in [0.1, 0.15) is 12.0 Å². The summed E-state index contributed by atoms with van der Waals surface area (Å²) in [6.07, 6.45) is 1.22. The minimum absolute atomic E-state index is 0.0282. The number of benzene rings is 2. The van der Waals surface area contributed by atoms with Gasteiger partial charge in [0.1, 0.15) is 10.6 Å². The number of rotatable bonds is 6. The summed E-state index contributed by atoms with van der Waals surface area (Å²) < 4.78 is 24.9. The lowest BCUT2D eigenvalue weighted by molar-refractivity contribution is 0.0245. The van der Waals surface area contributed by atoms with E-state index in [1.54, 1.807) is 12.1 Å². The number of phenolic OH excluding ortho intramolecular Hbond substituents is 1. The lowest BCUT2D eigenvalue weighted by Crippen LogP contribution is -2.46. The summed E-state index contributed by atoms with van der Waals surface area (Å²) in [5.74, 6) is -0.0850. The number of hydrogen-bond acceptors (Lipinski definition) is 5. The van der Waals surface area contributed by atoms with Gasteiger partial charge >= 0.3 is 0 Å². The van der Waals surface area contributed by atoms with Crippen LogP contribution in [-0.4, -0.2) is 55.0 Å². The van der Waals surface area contributed by atoms with Gasteiger partial charge in [-0.25, -0.2) is 8.42 Å². The molecular weight excluding hydrogens is 350 g/mol. The summed E-state index contributed by atoms with van der Waals surface area (Å²) in [6.45, 7) is 1.60. The monoisotopic (exact) mass is 375 g/mol. The number of aliphatic hydroxyl groups excluding tert-OH is 1. The number of nitrogens with zero attached hydrogens (tertiary/aromatic N) is 1. The van der Waals surface area contributed by atoms with Gasteiger partial charge in [0.05, 0.1) is 11.9 Å². The van der Waals surface area contributed by atoms with Crippen molar-refractivity contribution < 1.29 is 18.6 Å². The number of hydrogen-bond donors (Lipinski definition) is 2. The lowest BCUT2D eigenvalue weighted by Gasteiger charge is -2.36. The molecule has 3 rings (SSSR count). The zero-order chi connectivity index (χ0) is 18.6. The maximum absolute atomic E-state index is 12.4. The van der Waals surface area contributed by atoms with Crippen LogP contribution in [-0.2, 0) is 16.3 Å². The minimum atomic E-state index is -3.54. The number of aromatic hydroxyl groups is 1. The molecule has 0 amide bonds. The molecule has 2 unspecified atom stereocenters. The SMILES string of the molecule is O=S(=O)(CCN1CCC(Cc2ccccc2)C(O)C1)c1ccccc1O. The van der Waals surface area contributed by atoms with Crippen LogP contribution < -0.4 is 0 Å². The first-order valence-electron chi connectivity index (χ1n) is 8.91. The van der Waals surface area contributed by atoms with Crippen LogP contribution in [0.5, 0.6) is 5.75 Å². The van der Waals surface area contributed by atoms with Gasteiger partial charge in [0.25, 0.3) is 0 Å². The van der Waals surface area contributed by atoms with E-state index < -0.39 is 15.9 Å². The first kappa shape index (κ1) is 18.9. The van der Waals surface area contributed by atoms with Crippen molar-refractivity contribution in [1.82, 2.24) is 4.90 Å². The largest absolute Gasteiger partial charge is 0.507 e. The highest BCUT2D eigenvalue weighted by molar-refractivity contribution is 7.91. The van der Waals surface area contributed by atoms with Crippen molar-refractivity contribution in [2.45, 2.75) is 23.8 Å². The quantitative estimate of drug-likeness (QED) is 0.808. The second-order valence-corrected chi connectivity index (χ2v) is 8.97. The van der Waals surface area contributed by atoms with Gasteiger partial charge in [0.2, 0.25) is 0 Å². The average Bonchev–Trinajstić information content (AvgIpc) is 2.63. The second-order valence-electron chi connectivity index (χ2n) is 6.89. The maximum Gasteiger partial charge on any atom is 0.183 e. The van der Waals surface area contributed by atoms with Crippen molar-refractivity contribution in [1.29, 1.82) is 0 Å². The molecule has 0 aromatic heterocycles. The van der Waals surface area contributed by atoms with Crippen molar-refractivity contribution in [2.75, 3.05) is 25.4 Å². The molecule has 5 nitrogen and oxygen atoms in total. The van der Waals surface area contributed by atoms with Gasteiger partial charge in [-0.1, -0.05) is 42.5 Å². The maximum atomic E-state index is 12.4. The molecule has 1 saturated heterocycles. The number of aliphatic hydroxyl groups is 1. The van der Waals surface area contributed by atoms with Crippen molar-refractivity contribution in [3.63, 3.8) is 0 Å². The molecule has 140 valence electrons. The van der Waals surface area contributed by atoms with Gasteiger partial charge in [0, 0.05) is 13.1 Å². The van der Waals surface area contributed by atoms with Crippen LogP contribution in [0.15, 0.2) is 59.5 Å². The Morgan fingerprint density at radius 1 is 1.04 bits per heavy atom. The Bertz CT molecular complexity index is 823. The van der Waals surface area contributed by atoms with E-state index >= 15 is 0 Å². The van der Waals surface area contributed by atoms with E-state index in [-0.39, 0.29) is 22.3 Å². The first-order chi connectivity index (χ1) is 12.5. The van der Waals surface area contributed by atoms with Crippen LogP contribution in [0.2, 0.25) is 0 Å². The molecule has 1 heterocycles. The van der Waals surface area contributed by atoms with Gasteiger partial charge in [-0.3, -0.25) is 4.90 Å². The fraction of sp³-hybridized carbons (Fsp3) is 0.400. The zero-order valence-electron chi connectivity index (χ0n) is 14.7. The third kappa shape index (κ3) is 4.63. The van der Waals surface area contributed by atoms with Gasteiger partial charge in [-0.2, -0.15) is 0 Å². The minimum Gasteiger partial charge on any atom is -0.507 e. The summed E-state index contributed by atoms with van der Waals surface area (Å²) >= 11 is 0. The molecule has 2 aromatic rings. The molecule has 0 saturated carbocycles. The molecule has 2 N–H and O–H groups in total. The van der Waals surface area contributed by atoms with Gasteiger partial charge in [0.15, 0.2) is 9.84 Å². The molecule has 0 radical (unpaired) electrons. The third-order valence-corrected chi connectivity index (χ3v) is 6.76. The van der Waals surface area contributed by atoms with E-state index in [0.29, 0.717) is 13.1 Å². The molecule has 2 atom stereocenters. The van der Waals surface area contributed by atoms with E-state index in [0.717, 1.165) is 19.4 Å². The number of para-hydroxylation sites is 1. The van der Waals surface area contributed by atoms with Crippen LogP contribution in [0.4, 0.5) is 0 Å². The van der Waals surface area contributed by atoms with E-state index in [9.17, 15) is 18.6 Å². The highest BCUT2D eigenvalue weighted by Gasteiger charge is 2.29. The summed E-state index contributed by atoms with van der Waals surface area (Å²) in [7, 11) is -3.54. The molecule has 1 fully saturated rings. The zero-order valence-corrected chi connectivity index (χ0v) is 15.5. The average molecular weight is 375 g/mol. The number of phenols is 1. The Labute approximate surface area is 154 Å². The molecule has 1 aliphatic heterocycles. The molecule has 6 heteroatoms. The Morgan fingerprint density at radius 2 is 1.73 bits per heavy atom. The van der Waals surface area contributed by atoms with Crippen LogP contribution in [0.3, 0.4) is 0 Å². The Kier molecular flexibility index (Phi) is 5.96. The summed E-state index contributed by atoms with van der Waals surface area (Å²) in [5.41, 5.74) is 1.21. The predicted molar refractivity (Wildman–Crippen MR) is 101 cm³/mol. The first-order valence-corrected chi connectivity index (χ1v) is 10.6. The van der Waals surface area contributed by atoms with Crippen molar-refractivity contribution in [3.8, 4) is 5.75 Å². The highest BCUT2D eigenvalue weighted by atomic mass is 32.2. The lowest BCUT2D eigenvalue weighted by atomic mass is 9.88. The molecule has 1 aliphatic rings. The molecular formula is C20H25NO4S. The van der Waals surface area contributed by atoms with Crippen molar-refractivity contribution in [2.24, 2.45) is 5.92 Å². The van der Waals surface area contributed by atoms with E-state index in [1.807, 2.05) is 23.1 Å². The molecule has 2 aromatic carbocycles. The predicted octanol–water partition coefficient (Wildman–Crippen LogP) is 2.09. The third-order valence-electron chi connectivity index (χ3n) is 5.02. The van der Waals surface area contributed by atoms with Crippen molar-refractivity contribution in [3.05, 3.63) is 60.2 Å². The Morgan fingerprint density at radius 3 is 2.42 bits per heavy atom. The normalized spacial score (nSPS) is 21.6. The summed E-state index contributed by atoms with van der Waals surface area (Å²) in [5, 5.41) is 20.2. The number of sulfone groups is 1. The van der Waals surface area contributed by atoms with Gasteiger partial charge < -0.3 is 10.2 Å². The van der Waals surface area contributed by atoms with Crippen molar-refractivity contribution >= 4 is 9.84 Å². The Balaban J connectivity index is 1.54. The Hall–Kier alpha value is -1.89. The van der Waals surface area contributed by atoms with Gasteiger partial charge in [-0.15, -0.1) is 0 Å². The van der Waals surface area contributed by atoms with Crippen LogP contribution in [0, 0.1) is 5.92 Å². The topological polar surface area (TPSA) is 77.8 Å². The second kappa shape index (κ2) is 8.20. The molecule has 0 bridgehead atoms. The van der Waals surface area contributed by atoms with E-state index in [1.165, 1.54) is 17.7 Å². The fourth-order valence-corrected chi connectivity index (χ4v) is 4.87. The van der Waals surface area contributed by atoms with Gasteiger partial charge in [-0.05, 0) is 43.0 Å². The number of β-amino-alcohol motifs (C(OH)–C–C–N with tert-alkyl or cyclic N) is 1. The molecule has 0 aliphatic carbocycles. The highest BCUT2D eigenvalue weighted by Crippen LogP contribution is 2.25. The van der Waals surface area contributed by atoms with E-state index in [4.69, 9.17) is 0 Å². The fourth-order valence-electron chi connectivity index (χ4n) is 3.48. The standard InChI is InChI=1S/C20H25NO4S/c22-18-8-4-5-9-20(18)26(24,25)13-12-21-11-10-17(19(23)15-21)14-16-6-2-1-3-7-16/h1-9,17,19,22-23H,10-15H2. The molecule has 26 heavy (non-hydrogen) atoms. The summed E-state index contributed by atoms with van der Waals surface area (Å²) in [4.78, 5) is 1.96. The number of likely N-dealkylation sites (tertiary alicyclic amines) is 1. The summed E-state index contributed by atoms with van der Waals surface area (Å²) in [6, 6.07) is 16.1. The van der Waals surface area contributed by atoms with Crippen LogP contribution >= 0.6 is 0 Å². The molecule has 0 spiro atoms. The van der Waals surface area contributed by atoms with E-state index in [2.05, 4.69) is 12.1 Å².